The van der Waals surface area contributed by atoms with Crippen LogP contribution < -0.4 is 5.32 Å². The molecule has 0 amide bonds. The fraction of sp³-hybridized carbons (Fsp3) is 0.115. The molecule has 0 saturated heterocycles. The fourth-order valence-corrected chi connectivity index (χ4v) is 4.88. The number of rotatable bonds is 7. The number of nitrogens with one attached hydrogen (secondary N) is 3. The number of hydrogen-bond acceptors (Lipinski definition) is 8. The van der Waals surface area contributed by atoms with Gasteiger partial charge in [0.2, 0.25) is 0 Å². The number of anilines is 2. The number of aromatic nitrogens is 7. The molecule has 4 aromatic heterocycles. The van der Waals surface area contributed by atoms with Crippen molar-refractivity contribution in [2.24, 2.45) is 0 Å². The lowest BCUT2D eigenvalue weighted by Gasteiger charge is -2.14. The highest BCUT2D eigenvalue weighted by atomic mass is 32.2. The smallest absolute Gasteiger partial charge is 0.161 e. The van der Waals surface area contributed by atoms with Crippen LogP contribution >= 0.6 is 0 Å². The molecule has 0 radical (unpaired) electrons. The number of H-pyrrole nitrogens is 2. The highest BCUT2D eigenvalue weighted by Gasteiger charge is 2.17. The lowest BCUT2D eigenvalue weighted by molar-refractivity contribution is 0.614. The summed E-state index contributed by atoms with van der Waals surface area (Å²) in [4.78, 5) is 21.5. The second-order valence-electron chi connectivity index (χ2n) is 8.70. The maximum atomic E-state index is 11.0. The molecule has 0 saturated carbocycles. The molecular formula is C26H22N8O2S. The molecule has 2 aromatic carbocycles. The first-order valence-corrected chi connectivity index (χ1v) is 13.0. The predicted octanol–water partition coefficient (Wildman–Crippen LogP) is 4.05. The highest BCUT2D eigenvalue weighted by Crippen LogP contribution is 2.34. The molecule has 0 aliphatic heterocycles. The largest absolute Gasteiger partial charge is 0.339 e. The zero-order chi connectivity index (χ0) is 25.4. The van der Waals surface area contributed by atoms with Crippen molar-refractivity contribution in [2.45, 2.75) is 19.1 Å². The molecule has 11 heteroatoms. The number of hydrogen-bond donors (Lipinski definition) is 4. The van der Waals surface area contributed by atoms with Crippen molar-refractivity contribution in [1.29, 1.82) is 0 Å². The second-order valence-corrected chi connectivity index (χ2v) is 9.69. The zero-order valence-corrected chi connectivity index (χ0v) is 20.7. The topological polar surface area (TPSA) is 142 Å². The van der Waals surface area contributed by atoms with Crippen LogP contribution in [0.3, 0.4) is 0 Å². The summed E-state index contributed by atoms with van der Waals surface area (Å²) in [7, 11) is -2.45. The summed E-state index contributed by atoms with van der Waals surface area (Å²) in [5.74, 6) is 1.29. The molecule has 4 heterocycles. The van der Waals surface area contributed by atoms with Crippen LogP contribution in [0.25, 0.3) is 33.3 Å². The Kier molecular flexibility index (Phi) is 5.81. The third kappa shape index (κ3) is 4.64. The molecule has 6 rings (SSSR count). The molecule has 3 N–H and O–H groups in total. The van der Waals surface area contributed by atoms with E-state index in [0.717, 1.165) is 38.8 Å². The number of aromatic amines is 2. The average molecular weight is 511 g/mol. The molecule has 0 fully saturated rings. The molecule has 0 bridgehead atoms. The lowest BCUT2D eigenvalue weighted by atomic mass is 10.0. The molecular weight excluding hydrogens is 488 g/mol. The first-order chi connectivity index (χ1) is 18.0. The summed E-state index contributed by atoms with van der Waals surface area (Å²) in [6, 6.07) is 15.5. The van der Waals surface area contributed by atoms with E-state index in [1.54, 1.807) is 12.5 Å². The van der Waals surface area contributed by atoms with E-state index in [1.165, 1.54) is 0 Å². The second kappa shape index (κ2) is 9.43. The molecule has 10 nitrogen and oxygen atoms in total. The van der Waals surface area contributed by atoms with Gasteiger partial charge < -0.3 is 10.3 Å². The van der Waals surface area contributed by atoms with Crippen LogP contribution in [0.1, 0.15) is 22.5 Å². The van der Waals surface area contributed by atoms with Crippen molar-refractivity contribution in [2.75, 3.05) is 5.32 Å². The number of pyridine rings is 1. The van der Waals surface area contributed by atoms with Crippen molar-refractivity contribution >= 4 is 44.3 Å². The van der Waals surface area contributed by atoms with Crippen LogP contribution in [0.5, 0.6) is 0 Å². The van der Waals surface area contributed by atoms with Crippen molar-refractivity contribution in [1.82, 2.24) is 35.1 Å². The molecule has 0 aliphatic rings. The quantitative estimate of drug-likeness (QED) is 0.236. The zero-order valence-electron chi connectivity index (χ0n) is 19.8. The molecule has 184 valence electrons. The number of nitrogens with zero attached hydrogens (tertiary/aromatic N) is 5. The van der Waals surface area contributed by atoms with Crippen LogP contribution in [0.2, 0.25) is 0 Å². The standard InChI is InChI=1S/C26H22N8O2S/c1-15-31-23(24-26(32-15)29-14-28-24)19-10-18(9-16-5-7-17(8-6-16)13-37(35)36)11-27-25(19)33-21-3-2-4-22-20(21)12-30-34-22/h2-8,10-12,14,37H,9,13H2,1H3,(H,27,33)(H,30,34)(H,28,29,31,32). The molecule has 0 atom stereocenters. The molecule has 6 aromatic rings. The first-order valence-electron chi connectivity index (χ1n) is 11.6. The van der Waals surface area contributed by atoms with E-state index in [2.05, 4.69) is 36.5 Å². The van der Waals surface area contributed by atoms with E-state index in [9.17, 15) is 8.42 Å². The molecule has 0 aliphatic carbocycles. The Morgan fingerprint density at radius 1 is 0.946 bits per heavy atom. The summed E-state index contributed by atoms with van der Waals surface area (Å²) in [6.45, 7) is 1.84. The number of thiol groups is 1. The summed E-state index contributed by atoms with van der Waals surface area (Å²) in [6.07, 6.45) is 5.84. The third-order valence-electron chi connectivity index (χ3n) is 6.07. The number of benzene rings is 2. The van der Waals surface area contributed by atoms with E-state index in [0.29, 0.717) is 34.9 Å². The minimum atomic E-state index is -2.45. The van der Waals surface area contributed by atoms with Crippen LogP contribution in [0.4, 0.5) is 11.5 Å². The van der Waals surface area contributed by atoms with Crippen molar-refractivity contribution in [3.63, 3.8) is 0 Å². The van der Waals surface area contributed by atoms with Gasteiger partial charge in [-0.2, -0.15) is 5.10 Å². The van der Waals surface area contributed by atoms with Gasteiger partial charge in [0.25, 0.3) is 0 Å². The number of fused-ring (bicyclic) bond motifs is 2. The van der Waals surface area contributed by atoms with Crippen LogP contribution in [-0.2, 0) is 22.9 Å². The van der Waals surface area contributed by atoms with Gasteiger partial charge in [-0.15, -0.1) is 0 Å². The molecule has 0 spiro atoms. The Balaban J connectivity index is 1.43. The summed E-state index contributed by atoms with van der Waals surface area (Å²) in [5.41, 5.74) is 7.35. The fourth-order valence-electron chi connectivity index (χ4n) is 4.37. The number of imidazole rings is 1. The van der Waals surface area contributed by atoms with Gasteiger partial charge in [0.15, 0.2) is 5.65 Å². The van der Waals surface area contributed by atoms with Gasteiger partial charge in [0.1, 0.15) is 33.6 Å². The van der Waals surface area contributed by atoms with E-state index >= 15 is 0 Å². The summed E-state index contributed by atoms with van der Waals surface area (Å²) < 4.78 is 22.1. The molecule has 37 heavy (non-hydrogen) atoms. The van der Waals surface area contributed by atoms with Crippen molar-refractivity contribution in [3.05, 3.63) is 89.8 Å². The maximum Gasteiger partial charge on any atom is 0.161 e. The highest BCUT2D eigenvalue weighted by molar-refractivity contribution is 7.71. The van der Waals surface area contributed by atoms with E-state index in [-0.39, 0.29) is 5.75 Å². The Morgan fingerprint density at radius 3 is 2.62 bits per heavy atom. The lowest BCUT2D eigenvalue weighted by Crippen LogP contribution is -2.02. The van der Waals surface area contributed by atoms with Gasteiger partial charge in [0.05, 0.1) is 29.5 Å². The number of aryl methyl sites for hydroxylation is 1. The van der Waals surface area contributed by atoms with Gasteiger partial charge in [-0.25, -0.2) is 28.4 Å². The maximum absolute atomic E-state index is 11.0. The minimum absolute atomic E-state index is 0.0395. The van der Waals surface area contributed by atoms with Gasteiger partial charge >= 0.3 is 0 Å². The molecule has 0 unspecified atom stereocenters. The third-order valence-corrected chi connectivity index (χ3v) is 6.69. The minimum Gasteiger partial charge on any atom is -0.339 e. The Bertz CT molecular complexity index is 1810. The Hall–Kier alpha value is -4.64. The van der Waals surface area contributed by atoms with Gasteiger partial charge in [-0.05, 0) is 48.2 Å². The monoisotopic (exact) mass is 510 g/mol. The van der Waals surface area contributed by atoms with Crippen molar-refractivity contribution < 1.29 is 8.42 Å². The van der Waals surface area contributed by atoms with Gasteiger partial charge in [-0.3, -0.25) is 5.10 Å². The summed E-state index contributed by atoms with van der Waals surface area (Å²) >= 11 is 0. The van der Waals surface area contributed by atoms with E-state index in [1.807, 2.05) is 55.6 Å². The van der Waals surface area contributed by atoms with Crippen LogP contribution in [-0.4, -0.2) is 43.5 Å². The van der Waals surface area contributed by atoms with Crippen LogP contribution in [0, 0.1) is 6.92 Å². The Labute approximate surface area is 213 Å². The van der Waals surface area contributed by atoms with Crippen molar-refractivity contribution in [3.8, 4) is 11.3 Å². The first kappa shape index (κ1) is 22.8. The van der Waals surface area contributed by atoms with E-state index in [4.69, 9.17) is 9.97 Å². The normalized spacial score (nSPS) is 11.5. The Morgan fingerprint density at radius 2 is 1.78 bits per heavy atom. The van der Waals surface area contributed by atoms with E-state index < -0.39 is 10.7 Å². The predicted molar refractivity (Wildman–Crippen MR) is 142 cm³/mol. The average Bonchev–Trinajstić information content (AvgIpc) is 3.55. The van der Waals surface area contributed by atoms with Gasteiger partial charge in [0, 0.05) is 17.1 Å². The van der Waals surface area contributed by atoms with Crippen LogP contribution in [0.15, 0.2) is 67.3 Å². The SMILES string of the molecule is Cc1nc(-c2cc(Cc3ccc(C[SH](=O)=O)cc3)cnc2Nc2cccc3[nH]ncc23)c2nc[nH]c2n1. The summed E-state index contributed by atoms with van der Waals surface area (Å²) in [5, 5.41) is 11.6. The van der Waals surface area contributed by atoms with Gasteiger partial charge in [-0.1, -0.05) is 30.3 Å².